The Morgan fingerprint density at radius 2 is 2.06 bits per heavy atom. The number of ether oxygens (including phenoxy) is 3. The molecule has 5 atom stereocenters. The molecule has 0 radical (unpaired) electrons. The van der Waals surface area contributed by atoms with Crippen molar-refractivity contribution >= 4 is 19.8 Å². The third-order valence-corrected chi connectivity index (χ3v) is 3.39. The van der Waals surface area contributed by atoms with Gasteiger partial charge in [-0.3, -0.25) is 9.59 Å². The number of carbonyl (C=O) groups excluding carboxylic acids is 2. The van der Waals surface area contributed by atoms with Crippen LogP contribution in [0.25, 0.3) is 0 Å². The molecule has 1 unspecified atom stereocenters. The summed E-state index contributed by atoms with van der Waals surface area (Å²) >= 11 is 0. The minimum Gasteiger partial charge on any atom is -0.465 e. The third-order valence-electron chi connectivity index (χ3n) is 3.39. The molecule has 2 fully saturated rings. The van der Waals surface area contributed by atoms with Crippen LogP contribution in [0.3, 0.4) is 0 Å². The van der Waals surface area contributed by atoms with Crippen LogP contribution in [0.15, 0.2) is 0 Å². The highest BCUT2D eigenvalue weighted by Gasteiger charge is 2.77. The maximum absolute atomic E-state index is 11.0. The lowest BCUT2D eigenvalue weighted by atomic mass is 9.85. The van der Waals surface area contributed by atoms with Crippen LogP contribution in [-0.4, -0.2) is 55.8 Å². The van der Waals surface area contributed by atoms with Crippen LogP contribution in [0.1, 0.15) is 13.8 Å². The van der Waals surface area contributed by atoms with Crippen LogP contribution >= 0.6 is 0 Å². The van der Waals surface area contributed by atoms with Crippen LogP contribution in [0.4, 0.5) is 0 Å². The molecule has 0 aromatic heterocycles. The fourth-order valence-electron chi connectivity index (χ4n) is 2.53. The highest BCUT2D eigenvalue weighted by atomic mass is 16.6. The molecule has 1 aliphatic carbocycles. The van der Waals surface area contributed by atoms with E-state index in [0.29, 0.717) is 0 Å². The van der Waals surface area contributed by atoms with Gasteiger partial charge in [-0.2, -0.15) is 0 Å². The smallest absolute Gasteiger partial charge is 0.302 e. The maximum atomic E-state index is 11.0. The van der Waals surface area contributed by atoms with Crippen LogP contribution < -0.4 is 0 Å². The molecule has 1 saturated heterocycles. The van der Waals surface area contributed by atoms with Crippen molar-refractivity contribution in [3.8, 4) is 0 Å². The Bertz CT molecular complexity index is 359. The third kappa shape index (κ3) is 1.83. The summed E-state index contributed by atoms with van der Waals surface area (Å²) in [5.74, 6) is -0.870. The van der Waals surface area contributed by atoms with E-state index in [-0.39, 0.29) is 12.6 Å². The fourth-order valence-corrected chi connectivity index (χ4v) is 2.53. The van der Waals surface area contributed by atoms with Gasteiger partial charge in [0.25, 0.3) is 0 Å². The first-order chi connectivity index (χ1) is 7.89. The van der Waals surface area contributed by atoms with E-state index in [4.69, 9.17) is 14.2 Å². The van der Waals surface area contributed by atoms with Crippen molar-refractivity contribution < 1.29 is 28.9 Å². The quantitative estimate of drug-likeness (QED) is 0.464. The highest BCUT2D eigenvalue weighted by Crippen LogP contribution is 2.58. The molecule has 1 aliphatic heterocycles. The van der Waals surface area contributed by atoms with Gasteiger partial charge in [-0.1, -0.05) is 0 Å². The van der Waals surface area contributed by atoms with Crippen LogP contribution in [0.2, 0.25) is 0 Å². The normalized spacial score (nSPS) is 42.8. The SMILES string of the molecule is B[C@@H]1O[C@@H]2C(O)[C@]2(COC(C)=O)[C@H]1OC(C)=O. The predicted octanol–water partition coefficient (Wildman–Crippen LogP) is -1.80. The summed E-state index contributed by atoms with van der Waals surface area (Å²) in [6.45, 7) is 2.60. The van der Waals surface area contributed by atoms with Crippen LogP contribution in [-0.2, 0) is 23.8 Å². The summed E-state index contributed by atoms with van der Waals surface area (Å²) in [5, 5.41) is 9.80. The van der Waals surface area contributed by atoms with Gasteiger partial charge in [-0.05, 0) is 0 Å². The van der Waals surface area contributed by atoms with Crippen molar-refractivity contribution in [2.45, 2.75) is 38.2 Å². The molecule has 17 heavy (non-hydrogen) atoms. The Morgan fingerprint density at radius 3 is 2.59 bits per heavy atom. The number of aliphatic hydroxyl groups is 1. The molecule has 0 aromatic carbocycles. The first-order valence-corrected chi connectivity index (χ1v) is 5.53. The average Bonchev–Trinajstić information content (AvgIpc) is 2.64. The van der Waals surface area contributed by atoms with E-state index in [0.717, 1.165) is 0 Å². The molecule has 0 spiro atoms. The largest absolute Gasteiger partial charge is 0.465 e. The van der Waals surface area contributed by atoms with E-state index >= 15 is 0 Å². The number of hydrogen-bond donors (Lipinski definition) is 1. The highest BCUT2D eigenvalue weighted by molar-refractivity contribution is 6.12. The molecule has 2 rings (SSSR count). The first-order valence-electron chi connectivity index (χ1n) is 5.53. The predicted molar refractivity (Wildman–Crippen MR) is 57.8 cm³/mol. The molecule has 1 saturated carbocycles. The van der Waals surface area contributed by atoms with Crippen molar-refractivity contribution in [2.75, 3.05) is 6.61 Å². The zero-order chi connectivity index (χ0) is 12.8. The van der Waals surface area contributed by atoms with Gasteiger partial charge in [-0.25, -0.2) is 0 Å². The number of hydrogen-bond acceptors (Lipinski definition) is 6. The molecule has 7 heteroatoms. The number of rotatable bonds is 3. The van der Waals surface area contributed by atoms with E-state index in [1.807, 2.05) is 0 Å². The monoisotopic (exact) mass is 242 g/mol. The van der Waals surface area contributed by atoms with Gasteiger partial charge in [0.05, 0.1) is 18.2 Å². The Labute approximate surface area is 99.6 Å². The van der Waals surface area contributed by atoms with Gasteiger partial charge in [0, 0.05) is 13.8 Å². The lowest BCUT2D eigenvalue weighted by molar-refractivity contribution is -0.157. The second-order valence-electron chi connectivity index (χ2n) is 4.63. The second-order valence-corrected chi connectivity index (χ2v) is 4.63. The molecular weight excluding hydrogens is 227 g/mol. The molecule has 0 aromatic rings. The van der Waals surface area contributed by atoms with Gasteiger partial charge in [0.1, 0.15) is 26.0 Å². The van der Waals surface area contributed by atoms with E-state index in [1.54, 1.807) is 7.85 Å². The van der Waals surface area contributed by atoms with Crippen molar-refractivity contribution in [1.82, 2.24) is 0 Å². The number of fused-ring (bicyclic) bond motifs is 1. The second kappa shape index (κ2) is 3.99. The molecular formula is C10H15BO6. The fraction of sp³-hybridized carbons (Fsp3) is 0.800. The number of carbonyl (C=O) groups is 2. The van der Waals surface area contributed by atoms with Crippen molar-refractivity contribution in [1.29, 1.82) is 0 Å². The van der Waals surface area contributed by atoms with E-state index in [2.05, 4.69) is 0 Å². The van der Waals surface area contributed by atoms with Crippen LogP contribution in [0.5, 0.6) is 0 Å². The number of aliphatic hydroxyl groups excluding tert-OH is 1. The topological polar surface area (TPSA) is 82.1 Å². The lowest BCUT2D eigenvalue weighted by Crippen LogP contribution is -2.41. The lowest BCUT2D eigenvalue weighted by Gasteiger charge is -2.25. The Kier molecular flexibility index (Phi) is 2.91. The van der Waals surface area contributed by atoms with E-state index < -0.39 is 35.7 Å². The van der Waals surface area contributed by atoms with E-state index in [9.17, 15) is 14.7 Å². The summed E-state index contributed by atoms with van der Waals surface area (Å²) in [5.41, 5.74) is -0.781. The maximum Gasteiger partial charge on any atom is 0.302 e. The molecule has 94 valence electrons. The minimum atomic E-state index is -0.781. The molecule has 6 nitrogen and oxygen atoms in total. The molecule has 2 aliphatic rings. The summed E-state index contributed by atoms with van der Waals surface area (Å²) in [6, 6.07) is -0.303. The van der Waals surface area contributed by atoms with E-state index in [1.165, 1.54) is 13.8 Å². The van der Waals surface area contributed by atoms with Crippen molar-refractivity contribution in [3.63, 3.8) is 0 Å². The van der Waals surface area contributed by atoms with Gasteiger partial charge >= 0.3 is 11.9 Å². The zero-order valence-electron chi connectivity index (χ0n) is 10.0. The Hall–Kier alpha value is -1.08. The first kappa shape index (κ1) is 12.4. The summed E-state index contributed by atoms with van der Waals surface area (Å²) < 4.78 is 15.6. The van der Waals surface area contributed by atoms with Gasteiger partial charge in [0.15, 0.2) is 0 Å². The average molecular weight is 242 g/mol. The van der Waals surface area contributed by atoms with Gasteiger partial charge in [0.2, 0.25) is 0 Å². The Balaban J connectivity index is 2.11. The van der Waals surface area contributed by atoms with Crippen molar-refractivity contribution in [2.24, 2.45) is 5.41 Å². The zero-order valence-corrected chi connectivity index (χ0v) is 10.0. The van der Waals surface area contributed by atoms with Crippen molar-refractivity contribution in [3.05, 3.63) is 0 Å². The number of esters is 2. The molecule has 0 bridgehead atoms. The van der Waals surface area contributed by atoms with Gasteiger partial charge in [-0.15, -0.1) is 0 Å². The summed E-state index contributed by atoms with van der Waals surface area (Å²) in [4.78, 5) is 21.9. The standard InChI is InChI=1S/C10H15BO6/c1-4(12)15-3-10-6(14)7(10)17-9(11)8(10)16-5(2)13/h6-9,14H,3,11H2,1-2H3/t6?,7-,8+,9-,10+/m1/s1. The molecule has 1 heterocycles. The summed E-state index contributed by atoms with van der Waals surface area (Å²) in [6.07, 6.45) is -1.73. The minimum absolute atomic E-state index is 0.0104. The molecule has 0 amide bonds. The Morgan fingerprint density at radius 1 is 1.41 bits per heavy atom. The summed E-state index contributed by atoms with van der Waals surface area (Å²) in [7, 11) is 1.77. The van der Waals surface area contributed by atoms with Gasteiger partial charge < -0.3 is 19.3 Å². The van der Waals surface area contributed by atoms with Crippen LogP contribution in [0, 0.1) is 5.41 Å². The molecule has 1 N–H and O–H groups in total.